The van der Waals surface area contributed by atoms with Crippen LogP contribution in [0.15, 0.2) is 30.3 Å². The summed E-state index contributed by atoms with van der Waals surface area (Å²) in [5.41, 5.74) is -0.366. The molecule has 3 aliphatic heterocycles. The molecule has 3 heterocycles. The first kappa shape index (κ1) is 27.1. The number of rotatable bonds is 12. The van der Waals surface area contributed by atoms with Crippen LogP contribution >= 0.6 is 15.9 Å². The monoisotopic (exact) mass is 563 g/mol. The third-order valence-electron chi connectivity index (χ3n) is 7.80. The maximum Gasteiger partial charge on any atom is 0.246 e. The van der Waals surface area contributed by atoms with Crippen molar-refractivity contribution >= 4 is 39.3 Å². The number of hydrogen-bond acceptors (Lipinski definition) is 5. The van der Waals surface area contributed by atoms with Gasteiger partial charge in [0, 0.05) is 29.7 Å². The van der Waals surface area contributed by atoms with E-state index in [1.54, 1.807) is 4.90 Å². The van der Waals surface area contributed by atoms with Gasteiger partial charge in [0.15, 0.2) is 0 Å². The fraction of sp³-hybridized carbons (Fsp3) is 0.667. The molecule has 4 rings (SSSR count). The van der Waals surface area contributed by atoms with Gasteiger partial charge in [-0.05, 0) is 44.7 Å². The van der Waals surface area contributed by atoms with Crippen LogP contribution in [0.4, 0.5) is 5.69 Å². The van der Waals surface area contributed by atoms with Crippen LogP contribution in [0.3, 0.4) is 0 Å². The minimum absolute atomic E-state index is 0.0185. The van der Waals surface area contributed by atoms with Gasteiger partial charge >= 0.3 is 0 Å². The average Bonchev–Trinajstić information content (AvgIpc) is 3.43. The average molecular weight is 565 g/mol. The number of unbranched alkanes of at least 4 members (excludes halogenated alkanes) is 3. The predicted octanol–water partition coefficient (Wildman–Crippen LogP) is 3.23. The van der Waals surface area contributed by atoms with Crippen LogP contribution in [0.25, 0.3) is 0 Å². The van der Waals surface area contributed by atoms with Crippen molar-refractivity contribution in [3.8, 4) is 0 Å². The lowest BCUT2D eigenvalue weighted by Gasteiger charge is -2.34. The van der Waals surface area contributed by atoms with Gasteiger partial charge in [-0.15, -0.1) is 0 Å². The number of halogens is 1. The number of alkyl halides is 1. The molecule has 1 aromatic carbocycles. The lowest BCUT2D eigenvalue weighted by Crippen LogP contribution is -2.57. The summed E-state index contributed by atoms with van der Waals surface area (Å²) in [6.07, 6.45) is 4.98. The molecule has 36 heavy (non-hydrogen) atoms. The van der Waals surface area contributed by atoms with Crippen molar-refractivity contribution < 1.29 is 24.2 Å². The molecule has 3 aliphatic rings. The number of nitrogens with one attached hydrogen (secondary N) is 2. The Hall–Kier alpha value is -1.97. The molecule has 2 bridgehead atoms. The summed E-state index contributed by atoms with van der Waals surface area (Å²) in [7, 11) is 0. The zero-order chi connectivity index (χ0) is 25.9. The van der Waals surface area contributed by atoms with Crippen LogP contribution in [0.1, 0.15) is 58.8 Å². The van der Waals surface area contributed by atoms with Crippen LogP contribution in [0.5, 0.6) is 0 Å². The van der Waals surface area contributed by atoms with E-state index in [2.05, 4.69) is 33.5 Å². The molecule has 9 heteroatoms. The predicted molar refractivity (Wildman–Crippen MR) is 141 cm³/mol. The van der Waals surface area contributed by atoms with E-state index in [0.717, 1.165) is 38.5 Å². The fourth-order valence-corrected chi connectivity index (χ4v) is 7.23. The highest BCUT2D eigenvalue weighted by Crippen LogP contribution is 2.60. The van der Waals surface area contributed by atoms with Crippen molar-refractivity contribution in [2.45, 2.75) is 87.4 Å². The molecule has 0 aromatic heterocycles. The van der Waals surface area contributed by atoms with Gasteiger partial charge in [0.2, 0.25) is 17.7 Å². The standard InChI is InChI=1S/C27H38BrN3O5/c1-3-11-17(2)29-25(34)23-27-16-19(28)22(36-27)20(24(33)30-18-12-7-6-8-13-18)21(27)26(35)31(23)14-9-4-5-10-15-32/h6-8,12-13,17,19-23,32H,3-5,9-11,14-16H2,1-2H3,(H,29,34)(H,30,33)/t17?,19?,20-,21-,22-,23?,27?/m0/s1. The number of carbonyl (C=O) groups is 3. The van der Waals surface area contributed by atoms with Gasteiger partial charge in [0.25, 0.3) is 0 Å². The number of nitrogens with zero attached hydrogens (tertiary/aromatic N) is 1. The van der Waals surface area contributed by atoms with Crippen molar-refractivity contribution in [3.63, 3.8) is 0 Å². The SMILES string of the molecule is CCCC(C)NC(=O)C1N(CCCCCCO)C(=O)[C@@H]2[C@H](C(=O)Nc3ccccc3)[C@H]3OC12CC3Br. The van der Waals surface area contributed by atoms with E-state index in [1.807, 2.05) is 37.3 Å². The molecule has 198 valence electrons. The Labute approximate surface area is 221 Å². The first-order valence-corrected chi connectivity index (χ1v) is 14.1. The zero-order valence-electron chi connectivity index (χ0n) is 21.1. The Morgan fingerprint density at radius 1 is 1.19 bits per heavy atom. The van der Waals surface area contributed by atoms with E-state index in [0.29, 0.717) is 18.7 Å². The van der Waals surface area contributed by atoms with Gasteiger partial charge in [-0.3, -0.25) is 14.4 Å². The number of para-hydroxylation sites is 1. The van der Waals surface area contributed by atoms with E-state index in [-0.39, 0.29) is 35.2 Å². The van der Waals surface area contributed by atoms with E-state index < -0.39 is 29.6 Å². The van der Waals surface area contributed by atoms with Gasteiger partial charge in [-0.1, -0.05) is 60.3 Å². The van der Waals surface area contributed by atoms with Gasteiger partial charge in [-0.2, -0.15) is 0 Å². The first-order valence-electron chi connectivity index (χ1n) is 13.2. The molecule has 3 fully saturated rings. The molecule has 4 unspecified atom stereocenters. The van der Waals surface area contributed by atoms with Crippen LogP contribution in [-0.4, -0.2) is 69.5 Å². The summed E-state index contributed by atoms with van der Waals surface area (Å²) < 4.78 is 6.52. The minimum Gasteiger partial charge on any atom is -0.396 e. The molecule has 3 amide bonds. The summed E-state index contributed by atoms with van der Waals surface area (Å²) in [5.74, 6) is -2.01. The highest BCUT2D eigenvalue weighted by Gasteiger charge is 2.76. The fourth-order valence-electron chi connectivity index (χ4n) is 6.29. The smallest absolute Gasteiger partial charge is 0.246 e. The van der Waals surface area contributed by atoms with E-state index >= 15 is 0 Å². The van der Waals surface area contributed by atoms with Gasteiger partial charge in [0.05, 0.1) is 17.9 Å². The summed E-state index contributed by atoms with van der Waals surface area (Å²) in [6, 6.07) is 8.41. The van der Waals surface area contributed by atoms with Crippen molar-refractivity contribution in [2.24, 2.45) is 11.8 Å². The third-order valence-corrected chi connectivity index (χ3v) is 8.64. The molecule has 8 nitrogen and oxygen atoms in total. The number of ether oxygens (including phenoxy) is 1. The van der Waals surface area contributed by atoms with E-state index in [1.165, 1.54) is 0 Å². The van der Waals surface area contributed by atoms with Crippen LogP contribution in [-0.2, 0) is 19.1 Å². The number of aliphatic hydroxyl groups is 1. The quantitative estimate of drug-likeness (QED) is 0.267. The van der Waals surface area contributed by atoms with Crippen molar-refractivity contribution in [1.82, 2.24) is 10.2 Å². The molecular formula is C27H38BrN3O5. The molecule has 0 radical (unpaired) electrons. The highest BCUT2D eigenvalue weighted by molar-refractivity contribution is 9.09. The Bertz CT molecular complexity index is 947. The number of carbonyl (C=O) groups excluding carboxylic acids is 3. The molecule has 0 saturated carbocycles. The second-order valence-corrected chi connectivity index (χ2v) is 11.6. The van der Waals surface area contributed by atoms with Gasteiger partial charge < -0.3 is 25.4 Å². The molecule has 3 N–H and O–H groups in total. The van der Waals surface area contributed by atoms with E-state index in [9.17, 15) is 14.4 Å². The lowest BCUT2D eigenvalue weighted by molar-refractivity contribution is -0.141. The molecule has 1 aromatic rings. The summed E-state index contributed by atoms with van der Waals surface area (Å²) in [4.78, 5) is 42.7. The lowest BCUT2D eigenvalue weighted by atomic mass is 9.70. The maximum atomic E-state index is 13.9. The number of likely N-dealkylation sites (tertiary alicyclic amines) is 1. The zero-order valence-corrected chi connectivity index (χ0v) is 22.7. The number of anilines is 1. The maximum absolute atomic E-state index is 13.9. The number of amides is 3. The van der Waals surface area contributed by atoms with Crippen molar-refractivity contribution in [2.75, 3.05) is 18.5 Å². The topological polar surface area (TPSA) is 108 Å². The first-order chi connectivity index (χ1) is 17.3. The number of hydrogen-bond donors (Lipinski definition) is 3. The molecular weight excluding hydrogens is 526 g/mol. The Morgan fingerprint density at radius 2 is 1.92 bits per heavy atom. The van der Waals surface area contributed by atoms with Crippen LogP contribution < -0.4 is 10.6 Å². The van der Waals surface area contributed by atoms with Gasteiger partial charge in [0.1, 0.15) is 11.6 Å². The van der Waals surface area contributed by atoms with Gasteiger partial charge in [-0.25, -0.2) is 0 Å². The largest absolute Gasteiger partial charge is 0.396 e. The number of benzene rings is 1. The number of fused-ring (bicyclic) bond motifs is 1. The molecule has 3 saturated heterocycles. The Balaban J connectivity index is 1.61. The minimum atomic E-state index is -1.03. The Morgan fingerprint density at radius 3 is 2.61 bits per heavy atom. The Kier molecular flexibility index (Phi) is 8.73. The van der Waals surface area contributed by atoms with Crippen LogP contribution in [0, 0.1) is 11.8 Å². The molecule has 1 spiro atoms. The van der Waals surface area contributed by atoms with Crippen LogP contribution in [0.2, 0.25) is 0 Å². The summed E-state index contributed by atoms with van der Waals surface area (Å²) in [6.45, 7) is 4.62. The van der Waals surface area contributed by atoms with E-state index in [4.69, 9.17) is 9.84 Å². The molecule has 7 atom stereocenters. The van der Waals surface area contributed by atoms with Crippen molar-refractivity contribution in [3.05, 3.63) is 30.3 Å². The third kappa shape index (κ3) is 5.07. The number of aliphatic hydroxyl groups excluding tert-OH is 1. The summed E-state index contributed by atoms with van der Waals surface area (Å²) >= 11 is 3.70. The molecule has 0 aliphatic carbocycles. The second kappa shape index (κ2) is 11.6. The van der Waals surface area contributed by atoms with Crippen molar-refractivity contribution in [1.29, 1.82) is 0 Å². The summed E-state index contributed by atoms with van der Waals surface area (Å²) in [5, 5.41) is 15.1. The normalized spacial score (nSPS) is 31.4. The second-order valence-electron chi connectivity index (χ2n) is 10.4. The highest BCUT2D eigenvalue weighted by atomic mass is 79.9.